The zero-order chi connectivity index (χ0) is 21.6. The molecule has 2 amide bonds. The molecule has 2 aromatic heterocycles. The first kappa shape index (κ1) is 21.3. The molecular weight excluding hydrogens is 410 g/mol. The van der Waals surface area contributed by atoms with Crippen molar-refractivity contribution < 1.29 is 14.0 Å². The summed E-state index contributed by atoms with van der Waals surface area (Å²) in [5.41, 5.74) is 1.34. The van der Waals surface area contributed by atoms with Crippen molar-refractivity contribution in [2.45, 2.75) is 32.2 Å². The summed E-state index contributed by atoms with van der Waals surface area (Å²) in [6.07, 6.45) is 4.30. The Labute approximate surface area is 186 Å². The van der Waals surface area contributed by atoms with E-state index < -0.39 is 0 Å². The summed E-state index contributed by atoms with van der Waals surface area (Å²) >= 11 is 1.80. The minimum atomic E-state index is -0.181. The molecule has 0 unspecified atom stereocenters. The van der Waals surface area contributed by atoms with Gasteiger partial charge in [-0.3, -0.25) is 9.59 Å². The highest BCUT2D eigenvalue weighted by Crippen LogP contribution is 2.32. The fourth-order valence-electron chi connectivity index (χ4n) is 4.09. The fourth-order valence-corrected chi connectivity index (χ4v) is 4.79. The van der Waals surface area contributed by atoms with Gasteiger partial charge in [0.2, 0.25) is 5.91 Å². The van der Waals surface area contributed by atoms with E-state index in [0.29, 0.717) is 17.1 Å². The molecule has 7 heteroatoms. The molecule has 1 aromatic carbocycles. The number of likely N-dealkylation sites (tertiary alicyclic amines) is 1. The Morgan fingerprint density at radius 2 is 1.94 bits per heavy atom. The lowest BCUT2D eigenvalue weighted by molar-refractivity contribution is -0.114. The van der Waals surface area contributed by atoms with E-state index >= 15 is 0 Å². The standard InChI is InChI=1S/C24H27N3O3S/c1-18(28)25-21-7-2-3-8-22(21)27(24(29)23-9-4-16-30-23)19-10-13-26(14-11-19)15-12-20-6-5-17-31-20/h2-9,16-17,19H,10-15H2,1H3,(H,25,28). The van der Waals surface area contributed by atoms with Crippen LogP contribution in [-0.2, 0) is 11.2 Å². The molecule has 3 aromatic rings. The zero-order valence-electron chi connectivity index (χ0n) is 17.6. The SMILES string of the molecule is CC(=O)Nc1ccccc1N(C(=O)c1ccco1)C1CCN(CCc2cccs2)CC1. The molecule has 31 heavy (non-hydrogen) atoms. The van der Waals surface area contributed by atoms with Crippen molar-refractivity contribution in [1.82, 2.24) is 4.90 Å². The second-order valence-corrected chi connectivity index (χ2v) is 8.79. The van der Waals surface area contributed by atoms with Crippen LogP contribution in [0.2, 0.25) is 0 Å². The van der Waals surface area contributed by atoms with E-state index in [1.807, 2.05) is 24.3 Å². The number of carbonyl (C=O) groups is 2. The maximum Gasteiger partial charge on any atom is 0.294 e. The maximum atomic E-state index is 13.4. The minimum Gasteiger partial charge on any atom is -0.459 e. The van der Waals surface area contributed by atoms with E-state index in [-0.39, 0.29) is 17.9 Å². The number of hydrogen-bond acceptors (Lipinski definition) is 5. The van der Waals surface area contributed by atoms with Gasteiger partial charge in [-0.25, -0.2) is 0 Å². The van der Waals surface area contributed by atoms with Crippen LogP contribution in [0.4, 0.5) is 11.4 Å². The van der Waals surface area contributed by atoms with Gasteiger partial charge in [0.15, 0.2) is 5.76 Å². The van der Waals surface area contributed by atoms with Crippen molar-refractivity contribution >= 4 is 34.5 Å². The van der Waals surface area contributed by atoms with Crippen molar-refractivity contribution in [3.8, 4) is 0 Å². The summed E-state index contributed by atoms with van der Waals surface area (Å²) in [4.78, 5) is 30.8. The molecule has 1 fully saturated rings. The molecule has 162 valence electrons. The third-order valence-corrected chi connectivity index (χ3v) is 6.54. The molecular formula is C24H27N3O3S. The Hall–Kier alpha value is -2.90. The first-order chi connectivity index (χ1) is 15.1. The van der Waals surface area contributed by atoms with Crippen LogP contribution in [0.25, 0.3) is 0 Å². The average molecular weight is 438 g/mol. The van der Waals surface area contributed by atoms with E-state index in [1.165, 1.54) is 18.1 Å². The van der Waals surface area contributed by atoms with Crippen LogP contribution < -0.4 is 10.2 Å². The lowest BCUT2D eigenvalue weighted by atomic mass is 10.0. The number of hydrogen-bond donors (Lipinski definition) is 1. The second kappa shape index (κ2) is 9.94. The van der Waals surface area contributed by atoms with E-state index in [0.717, 1.165) is 38.9 Å². The third-order valence-electron chi connectivity index (χ3n) is 5.60. The molecule has 0 aliphatic carbocycles. The first-order valence-electron chi connectivity index (χ1n) is 10.6. The molecule has 0 bridgehead atoms. The van der Waals surface area contributed by atoms with Crippen LogP contribution in [0.1, 0.15) is 35.2 Å². The number of anilines is 2. The highest BCUT2D eigenvalue weighted by molar-refractivity contribution is 7.09. The highest BCUT2D eigenvalue weighted by atomic mass is 32.1. The number of thiophene rings is 1. The molecule has 1 aliphatic heterocycles. The lowest BCUT2D eigenvalue weighted by Gasteiger charge is -2.39. The van der Waals surface area contributed by atoms with Crippen LogP contribution in [-0.4, -0.2) is 42.4 Å². The van der Waals surface area contributed by atoms with E-state index in [2.05, 4.69) is 27.7 Å². The summed E-state index contributed by atoms with van der Waals surface area (Å²) in [6, 6.07) is 15.2. The van der Waals surface area contributed by atoms with Gasteiger partial charge >= 0.3 is 0 Å². The summed E-state index contributed by atoms with van der Waals surface area (Å²) in [5, 5.41) is 4.98. The highest BCUT2D eigenvalue weighted by Gasteiger charge is 2.32. The first-order valence-corrected chi connectivity index (χ1v) is 11.5. The molecule has 1 saturated heterocycles. The number of benzene rings is 1. The Morgan fingerprint density at radius 3 is 2.61 bits per heavy atom. The average Bonchev–Trinajstić information content (AvgIpc) is 3.48. The van der Waals surface area contributed by atoms with Gasteiger partial charge in [0.05, 0.1) is 17.6 Å². The van der Waals surface area contributed by atoms with Gasteiger partial charge in [0, 0.05) is 37.5 Å². The number of para-hydroxylation sites is 2. The largest absolute Gasteiger partial charge is 0.459 e. The molecule has 0 atom stereocenters. The quantitative estimate of drug-likeness (QED) is 0.584. The number of nitrogens with one attached hydrogen (secondary N) is 1. The van der Waals surface area contributed by atoms with Gasteiger partial charge in [-0.15, -0.1) is 11.3 Å². The Balaban J connectivity index is 1.52. The predicted molar refractivity (Wildman–Crippen MR) is 124 cm³/mol. The lowest BCUT2D eigenvalue weighted by Crippen LogP contribution is -2.48. The van der Waals surface area contributed by atoms with Crippen LogP contribution in [0, 0.1) is 0 Å². The maximum absolute atomic E-state index is 13.4. The van der Waals surface area contributed by atoms with Crippen LogP contribution in [0.15, 0.2) is 64.6 Å². The molecule has 4 rings (SSSR count). The number of amides is 2. The monoisotopic (exact) mass is 437 g/mol. The Kier molecular flexibility index (Phi) is 6.84. The fraction of sp³-hybridized carbons (Fsp3) is 0.333. The van der Waals surface area contributed by atoms with Crippen molar-refractivity contribution in [2.24, 2.45) is 0 Å². The van der Waals surface area contributed by atoms with Gasteiger partial charge in [-0.2, -0.15) is 0 Å². The van der Waals surface area contributed by atoms with Gasteiger partial charge in [-0.05, 0) is 55.0 Å². The molecule has 0 radical (unpaired) electrons. The van der Waals surface area contributed by atoms with Crippen molar-refractivity contribution in [3.05, 3.63) is 70.8 Å². The number of nitrogens with zero attached hydrogens (tertiary/aromatic N) is 2. The van der Waals surface area contributed by atoms with Crippen LogP contribution in [0.5, 0.6) is 0 Å². The summed E-state index contributed by atoms with van der Waals surface area (Å²) < 4.78 is 5.42. The van der Waals surface area contributed by atoms with Crippen molar-refractivity contribution in [1.29, 1.82) is 0 Å². The number of carbonyl (C=O) groups excluding carboxylic acids is 2. The van der Waals surface area contributed by atoms with E-state index in [1.54, 1.807) is 28.4 Å². The zero-order valence-corrected chi connectivity index (χ0v) is 18.4. The minimum absolute atomic E-state index is 0.0329. The van der Waals surface area contributed by atoms with Gasteiger partial charge in [0.25, 0.3) is 5.91 Å². The van der Waals surface area contributed by atoms with Crippen molar-refractivity contribution in [3.63, 3.8) is 0 Å². The number of piperidine rings is 1. The molecule has 0 spiro atoms. The van der Waals surface area contributed by atoms with Crippen LogP contribution in [0.3, 0.4) is 0 Å². The smallest absolute Gasteiger partial charge is 0.294 e. The molecule has 3 heterocycles. The van der Waals surface area contributed by atoms with Gasteiger partial charge in [0.1, 0.15) is 0 Å². The molecule has 6 nitrogen and oxygen atoms in total. The Morgan fingerprint density at radius 1 is 1.13 bits per heavy atom. The van der Waals surface area contributed by atoms with Crippen molar-refractivity contribution in [2.75, 3.05) is 29.9 Å². The third kappa shape index (κ3) is 5.24. The second-order valence-electron chi connectivity index (χ2n) is 7.75. The summed E-state index contributed by atoms with van der Waals surface area (Å²) in [7, 11) is 0. The number of furan rings is 1. The molecule has 1 N–H and O–H groups in total. The summed E-state index contributed by atoms with van der Waals surface area (Å²) in [5.74, 6) is -0.0427. The van der Waals surface area contributed by atoms with E-state index in [9.17, 15) is 9.59 Å². The van der Waals surface area contributed by atoms with E-state index in [4.69, 9.17) is 4.42 Å². The predicted octanol–water partition coefficient (Wildman–Crippen LogP) is 4.65. The topological polar surface area (TPSA) is 65.8 Å². The Bertz CT molecular complexity index is 993. The summed E-state index contributed by atoms with van der Waals surface area (Å²) in [6.45, 7) is 4.37. The normalized spacial score (nSPS) is 15.0. The number of rotatable bonds is 7. The van der Waals surface area contributed by atoms with Crippen LogP contribution >= 0.6 is 11.3 Å². The molecule has 0 saturated carbocycles. The molecule has 1 aliphatic rings. The van der Waals surface area contributed by atoms with Gasteiger partial charge in [-0.1, -0.05) is 18.2 Å². The van der Waals surface area contributed by atoms with Gasteiger partial charge < -0.3 is 19.5 Å².